The van der Waals surface area contributed by atoms with Crippen molar-refractivity contribution >= 4 is 39.0 Å². The number of rotatable bonds is 3. The third-order valence-electron chi connectivity index (χ3n) is 2.63. The van der Waals surface area contributed by atoms with Crippen molar-refractivity contribution in [2.45, 2.75) is 0 Å². The van der Waals surface area contributed by atoms with Crippen molar-refractivity contribution in [3.8, 4) is 0 Å². The molecule has 9 heteroatoms. The van der Waals surface area contributed by atoms with Crippen LogP contribution in [0.5, 0.6) is 0 Å². The first kappa shape index (κ1) is 12.2. The van der Waals surface area contributed by atoms with Crippen LogP contribution in [0.3, 0.4) is 0 Å². The molecule has 0 spiro atoms. The van der Waals surface area contributed by atoms with Crippen LogP contribution in [0.1, 0.15) is 10.5 Å². The number of H-pyrrole nitrogens is 1. The van der Waals surface area contributed by atoms with Gasteiger partial charge in [0.15, 0.2) is 10.8 Å². The molecule has 0 aliphatic heterocycles. The fourth-order valence-electron chi connectivity index (χ4n) is 1.73. The van der Waals surface area contributed by atoms with Crippen LogP contribution in [-0.4, -0.2) is 26.0 Å². The Morgan fingerprint density at radius 1 is 1.45 bits per heavy atom. The van der Waals surface area contributed by atoms with Crippen molar-refractivity contribution in [2.75, 3.05) is 5.32 Å². The van der Waals surface area contributed by atoms with Crippen molar-refractivity contribution in [3.05, 3.63) is 45.6 Å². The maximum absolute atomic E-state index is 12.1. The second-order valence-electron chi connectivity index (χ2n) is 3.85. The number of aromatic nitrogens is 3. The molecule has 8 nitrogen and oxygen atoms in total. The number of thiazole rings is 1. The van der Waals surface area contributed by atoms with E-state index in [2.05, 4.69) is 20.5 Å². The minimum Gasteiger partial charge on any atom is -0.296 e. The van der Waals surface area contributed by atoms with Crippen LogP contribution >= 0.6 is 11.3 Å². The van der Waals surface area contributed by atoms with E-state index in [-0.39, 0.29) is 11.4 Å². The Balaban J connectivity index is 2.00. The summed E-state index contributed by atoms with van der Waals surface area (Å²) in [6, 6.07) is 4.18. The Kier molecular flexibility index (Phi) is 2.88. The Morgan fingerprint density at radius 2 is 2.30 bits per heavy atom. The standard InChI is InChI=1S/C11H7N5O3S/c17-10(13-11-12-3-4-20-11)9-7-5-6(16(18)19)1-2-8(7)14-15-9/h1-5H,(H,14,15)(H,12,13,17). The number of hydrogen-bond acceptors (Lipinski definition) is 6. The number of benzene rings is 1. The molecule has 0 atom stereocenters. The Labute approximate surface area is 115 Å². The van der Waals surface area contributed by atoms with Crippen LogP contribution < -0.4 is 5.32 Å². The van der Waals surface area contributed by atoms with Gasteiger partial charge in [0, 0.05) is 29.1 Å². The first-order chi connectivity index (χ1) is 9.65. The summed E-state index contributed by atoms with van der Waals surface area (Å²) in [5.41, 5.74) is 0.556. The van der Waals surface area contributed by atoms with E-state index < -0.39 is 10.8 Å². The molecule has 0 bridgehead atoms. The fraction of sp³-hybridized carbons (Fsp3) is 0. The lowest BCUT2D eigenvalue weighted by atomic mass is 10.2. The number of fused-ring (bicyclic) bond motifs is 1. The molecule has 3 aromatic rings. The maximum atomic E-state index is 12.1. The van der Waals surface area contributed by atoms with E-state index in [0.29, 0.717) is 16.0 Å². The minimum atomic E-state index is -0.519. The summed E-state index contributed by atoms with van der Waals surface area (Å²) >= 11 is 1.27. The molecule has 0 unspecified atom stereocenters. The third-order valence-corrected chi connectivity index (χ3v) is 3.31. The summed E-state index contributed by atoms with van der Waals surface area (Å²) in [4.78, 5) is 26.3. The molecule has 2 aromatic heterocycles. The monoisotopic (exact) mass is 289 g/mol. The zero-order valence-corrected chi connectivity index (χ0v) is 10.7. The predicted octanol–water partition coefficient (Wildman–Crippen LogP) is 2.18. The number of carbonyl (C=O) groups excluding carboxylic acids is 1. The average Bonchev–Trinajstić information content (AvgIpc) is 3.06. The van der Waals surface area contributed by atoms with E-state index in [1.165, 1.54) is 29.5 Å². The molecule has 20 heavy (non-hydrogen) atoms. The van der Waals surface area contributed by atoms with Gasteiger partial charge in [-0.1, -0.05) is 0 Å². The third kappa shape index (κ3) is 2.10. The fourth-order valence-corrected chi connectivity index (χ4v) is 2.25. The van der Waals surface area contributed by atoms with Gasteiger partial charge in [0.2, 0.25) is 0 Å². The Bertz CT molecular complexity index is 796. The highest BCUT2D eigenvalue weighted by atomic mass is 32.1. The van der Waals surface area contributed by atoms with E-state index in [9.17, 15) is 14.9 Å². The number of non-ortho nitro benzene ring substituents is 1. The minimum absolute atomic E-state index is 0.0952. The van der Waals surface area contributed by atoms with Crippen LogP contribution in [0.2, 0.25) is 0 Å². The van der Waals surface area contributed by atoms with Crippen molar-refractivity contribution < 1.29 is 9.72 Å². The number of hydrogen-bond donors (Lipinski definition) is 2. The van der Waals surface area contributed by atoms with Crippen LogP contribution in [0.25, 0.3) is 10.9 Å². The number of carbonyl (C=O) groups is 1. The van der Waals surface area contributed by atoms with Gasteiger partial charge in [-0.15, -0.1) is 11.3 Å². The van der Waals surface area contributed by atoms with Gasteiger partial charge in [0.05, 0.1) is 10.4 Å². The number of anilines is 1. The Hall–Kier alpha value is -2.81. The topological polar surface area (TPSA) is 114 Å². The van der Waals surface area contributed by atoms with Gasteiger partial charge in [-0.3, -0.25) is 25.3 Å². The Morgan fingerprint density at radius 3 is 3.00 bits per heavy atom. The highest BCUT2D eigenvalue weighted by molar-refractivity contribution is 7.13. The molecule has 100 valence electrons. The normalized spacial score (nSPS) is 10.6. The van der Waals surface area contributed by atoms with E-state index in [0.717, 1.165) is 0 Å². The first-order valence-electron chi connectivity index (χ1n) is 5.48. The zero-order chi connectivity index (χ0) is 14.1. The van der Waals surface area contributed by atoms with Gasteiger partial charge in [-0.05, 0) is 6.07 Å². The number of nitrogens with zero attached hydrogens (tertiary/aromatic N) is 3. The lowest BCUT2D eigenvalue weighted by Crippen LogP contribution is -2.12. The van der Waals surface area contributed by atoms with Gasteiger partial charge in [-0.25, -0.2) is 4.98 Å². The maximum Gasteiger partial charge on any atom is 0.278 e. The van der Waals surface area contributed by atoms with E-state index in [1.807, 2.05) is 0 Å². The number of aromatic amines is 1. The van der Waals surface area contributed by atoms with Gasteiger partial charge in [0.1, 0.15) is 0 Å². The molecule has 0 fully saturated rings. The quantitative estimate of drug-likeness (QED) is 0.566. The van der Waals surface area contributed by atoms with Crippen LogP contribution in [0.15, 0.2) is 29.8 Å². The van der Waals surface area contributed by atoms with Crippen molar-refractivity contribution in [2.24, 2.45) is 0 Å². The van der Waals surface area contributed by atoms with Crippen molar-refractivity contribution in [3.63, 3.8) is 0 Å². The van der Waals surface area contributed by atoms with Crippen molar-refractivity contribution in [1.29, 1.82) is 0 Å². The zero-order valence-electron chi connectivity index (χ0n) is 9.86. The average molecular weight is 289 g/mol. The van der Waals surface area contributed by atoms with E-state index >= 15 is 0 Å². The smallest absolute Gasteiger partial charge is 0.278 e. The van der Waals surface area contributed by atoms with Gasteiger partial charge in [0.25, 0.3) is 11.6 Å². The van der Waals surface area contributed by atoms with Crippen molar-refractivity contribution in [1.82, 2.24) is 15.2 Å². The molecular formula is C11H7N5O3S. The molecule has 1 aromatic carbocycles. The molecule has 0 radical (unpaired) electrons. The summed E-state index contributed by atoms with van der Waals surface area (Å²) in [6.45, 7) is 0. The summed E-state index contributed by atoms with van der Waals surface area (Å²) in [7, 11) is 0. The predicted molar refractivity (Wildman–Crippen MR) is 72.8 cm³/mol. The van der Waals surface area contributed by atoms with Gasteiger partial charge >= 0.3 is 0 Å². The second-order valence-corrected chi connectivity index (χ2v) is 4.75. The van der Waals surface area contributed by atoms with Crippen LogP contribution in [0, 0.1) is 10.1 Å². The molecule has 0 aliphatic carbocycles. The van der Waals surface area contributed by atoms with Gasteiger partial charge < -0.3 is 0 Å². The molecular weight excluding hydrogens is 282 g/mol. The highest BCUT2D eigenvalue weighted by Gasteiger charge is 2.17. The summed E-state index contributed by atoms with van der Waals surface area (Å²) in [5, 5.41) is 22.5. The SMILES string of the molecule is O=C(Nc1nccs1)c1n[nH]c2ccc([N+](=O)[O-])cc12. The van der Waals surface area contributed by atoms with E-state index in [1.54, 1.807) is 11.6 Å². The summed E-state index contributed by atoms with van der Waals surface area (Å²) in [5.74, 6) is -0.466. The summed E-state index contributed by atoms with van der Waals surface area (Å²) in [6.07, 6.45) is 1.56. The van der Waals surface area contributed by atoms with E-state index in [4.69, 9.17) is 0 Å². The number of nitro benzene ring substituents is 1. The lowest BCUT2D eigenvalue weighted by Gasteiger charge is -1.98. The highest BCUT2D eigenvalue weighted by Crippen LogP contribution is 2.23. The first-order valence-corrected chi connectivity index (χ1v) is 6.36. The molecule has 2 N–H and O–H groups in total. The largest absolute Gasteiger partial charge is 0.296 e. The lowest BCUT2D eigenvalue weighted by molar-refractivity contribution is -0.384. The van der Waals surface area contributed by atoms with Crippen LogP contribution in [-0.2, 0) is 0 Å². The van der Waals surface area contributed by atoms with Crippen LogP contribution in [0.4, 0.5) is 10.8 Å². The van der Waals surface area contributed by atoms with Gasteiger partial charge in [-0.2, -0.15) is 5.10 Å². The molecule has 0 saturated heterocycles. The molecule has 0 saturated carbocycles. The number of nitrogens with one attached hydrogen (secondary N) is 2. The number of amides is 1. The molecule has 1 amide bonds. The molecule has 2 heterocycles. The summed E-state index contributed by atoms with van der Waals surface area (Å²) < 4.78 is 0. The molecule has 3 rings (SSSR count). The second kappa shape index (κ2) is 4.70. The molecule has 0 aliphatic rings. The number of nitro groups is 1.